The van der Waals surface area contributed by atoms with Gasteiger partial charge >= 0.3 is 12.1 Å². The summed E-state index contributed by atoms with van der Waals surface area (Å²) in [5.74, 6) is -0.692. The van der Waals surface area contributed by atoms with Gasteiger partial charge in [0.25, 0.3) is 0 Å². The first kappa shape index (κ1) is 10.7. The molecule has 12 heavy (non-hydrogen) atoms. The molecular weight excluding hydrogens is 166 g/mol. The van der Waals surface area contributed by atoms with Crippen LogP contribution in [-0.4, -0.2) is 39.6 Å². The lowest BCUT2D eigenvalue weighted by Gasteiger charge is -2.12. The lowest BCUT2D eigenvalue weighted by molar-refractivity contribution is -0.153. The van der Waals surface area contributed by atoms with E-state index in [-0.39, 0.29) is 0 Å². The number of carbonyl (C=O) groups excluding carboxylic acids is 2. The lowest BCUT2D eigenvalue weighted by Crippen LogP contribution is -2.42. The van der Waals surface area contributed by atoms with E-state index in [0.29, 0.717) is 0 Å². The average Bonchev–Trinajstić information content (AvgIpc) is 2.12. The first-order valence-electron chi connectivity index (χ1n) is 3.10. The Bertz CT molecular complexity index is 169. The molecule has 0 heterocycles. The maximum absolute atomic E-state index is 10.8. The molecule has 0 aliphatic carbocycles. The van der Waals surface area contributed by atoms with Crippen molar-refractivity contribution in [2.45, 2.75) is 6.23 Å². The number of amides is 1. The van der Waals surface area contributed by atoms with Crippen molar-refractivity contribution in [2.24, 2.45) is 0 Å². The smallest absolute Gasteiger partial charge is 0.409 e. The first-order chi connectivity index (χ1) is 5.65. The lowest BCUT2D eigenvalue weighted by atomic mass is 10.6. The van der Waals surface area contributed by atoms with Crippen molar-refractivity contribution in [3.05, 3.63) is 0 Å². The summed E-state index contributed by atoms with van der Waals surface area (Å²) in [4.78, 5) is 21.4. The zero-order valence-electron chi connectivity index (χ0n) is 7.12. The van der Waals surface area contributed by atoms with Crippen LogP contribution in [0.2, 0.25) is 0 Å². The van der Waals surface area contributed by atoms with Crippen molar-refractivity contribution < 1.29 is 23.8 Å². The van der Waals surface area contributed by atoms with Crippen LogP contribution in [0, 0.1) is 0 Å². The highest BCUT2D eigenvalue weighted by Crippen LogP contribution is 1.89. The number of rotatable bonds is 3. The van der Waals surface area contributed by atoms with Crippen LogP contribution in [0.5, 0.6) is 0 Å². The van der Waals surface area contributed by atoms with Gasteiger partial charge in [-0.05, 0) is 0 Å². The fourth-order valence-corrected chi connectivity index (χ4v) is 0.487. The highest BCUT2D eigenvalue weighted by atomic mass is 16.6. The molecule has 6 nitrogen and oxygen atoms in total. The molecule has 1 N–H and O–H groups in total. The Morgan fingerprint density at radius 3 is 2.08 bits per heavy atom. The number of hydrogen-bond acceptors (Lipinski definition) is 5. The predicted molar refractivity (Wildman–Crippen MR) is 38.4 cm³/mol. The van der Waals surface area contributed by atoms with Crippen LogP contribution >= 0.6 is 0 Å². The molecule has 0 aromatic carbocycles. The van der Waals surface area contributed by atoms with Gasteiger partial charge in [-0.1, -0.05) is 0 Å². The molecule has 0 bridgehead atoms. The van der Waals surface area contributed by atoms with Gasteiger partial charge in [-0.15, -0.1) is 0 Å². The topological polar surface area (TPSA) is 73.9 Å². The number of hydrogen-bond donors (Lipinski definition) is 1. The molecule has 0 rings (SSSR count). The maximum Gasteiger partial charge on any atom is 0.409 e. The van der Waals surface area contributed by atoms with Crippen molar-refractivity contribution in [3.8, 4) is 0 Å². The summed E-state index contributed by atoms with van der Waals surface area (Å²) in [6.45, 7) is 0. The van der Waals surface area contributed by atoms with E-state index in [0.717, 1.165) is 0 Å². The molecule has 6 heteroatoms. The summed E-state index contributed by atoms with van der Waals surface area (Å²) in [6.07, 6.45) is -1.88. The maximum atomic E-state index is 10.8. The first-order valence-corrected chi connectivity index (χ1v) is 3.10. The largest absolute Gasteiger partial charge is 0.466 e. The van der Waals surface area contributed by atoms with Gasteiger partial charge in [-0.25, -0.2) is 9.59 Å². The van der Waals surface area contributed by atoms with Gasteiger partial charge in [-0.3, -0.25) is 5.32 Å². The summed E-state index contributed by atoms with van der Waals surface area (Å²) in [5.41, 5.74) is 0. The molecular formula is C6H11NO5. The molecule has 0 aromatic rings. The zero-order valence-corrected chi connectivity index (χ0v) is 7.12. The van der Waals surface area contributed by atoms with Gasteiger partial charge in [0, 0.05) is 7.11 Å². The number of methoxy groups -OCH3 is 3. The third-order valence-electron chi connectivity index (χ3n) is 1.09. The molecule has 0 radical (unpaired) electrons. The van der Waals surface area contributed by atoms with Crippen LogP contribution in [0.15, 0.2) is 0 Å². The molecule has 0 aliphatic rings. The van der Waals surface area contributed by atoms with Crippen molar-refractivity contribution in [2.75, 3.05) is 21.3 Å². The van der Waals surface area contributed by atoms with Crippen molar-refractivity contribution in [3.63, 3.8) is 0 Å². The number of ether oxygens (including phenoxy) is 3. The molecule has 0 aromatic heterocycles. The van der Waals surface area contributed by atoms with E-state index in [2.05, 4.69) is 19.5 Å². The van der Waals surface area contributed by atoms with Gasteiger partial charge in [0.05, 0.1) is 14.2 Å². The molecule has 0 saturated carbocycles. The Morgan fingerprint density at radius 2 is 1.75 bits per heavy atom. The quantitative estimate of drug-likeness (QED) is 0.464. The standard InChI is InChI=1S/C6H11NO5/c1-10-4(5(8)11-2)7-6(9)12-3/h4H,1-3H3,(H,7,9)/t4-/m1/s1. The summed E-state index contributed by atoms with van der Waals surface area (Å²) >= 11 is 0. The molecule has 1 atom stereocenters. The van der Waals surface area contributed by atoms with Gasteiger partial charge in [0.2, 0.25) is 6.23 Å². The number of alkyl carbamates (subject to hydrolysis) is 1. The molecule has 1 amide bonds. The van der Waals surface area contributed by atoms with Crippen LogP contribution in [0.3, 0.4) is 0 Å². The second kappa shape index (κ2) is 5.36. The van der Waals surface area contributed by atoms with E-state index in [4.69, 9.17) is 0 Å². The number of carbonyl (C=O) groups is 2. The Labute approximate surface area is 69.8 Å². The highest BCUT2D eigenvalue weighted by Gasteiger charge is 2.20. The molecule has 70 valence electrons. The molecule has 0 aliphatic heterocycles. The van der Waals surface area contributed by atoms with Gasteiger partial charge < -0.3 is 14.2 Å². The third kappa shape index (κ3) is 3.20. The van der Waals surface area contributed by atoms with Crippen molar-refractivity contribution in [1.29, 1.82) is 0 Å². The number of esters is 1. The second-order valence-electron chi connectivity index (χ2n) is 1.77. The van der Waals surface area contributed by atoms with E-state index in [9.17, 15) is 9.59 Å². The number of nitrogens with one attached hydrogen (secondary N) is 1. The van der Waals surface area contributed by atoms with E-state index in [1.54, 1.807) is 0 Å². The Morgan fingerprint density at radius 1 is 1.17 bits per heavy atom. The van der Waals surface area contributed by atoms with E-state index >= 15 is 0 Å². The van der Waals surface area contributed by atoms with Crippen LogP contribution in [0.4, 0.5) is 4.79 Å². The normalized spacial score (nSPS) is 11.6. The fourth-order valence-electron chi connectivity index (χ4n) is 0.487. The van der Waals surface area contributed by atoms with E-state index < -0.39 is 18.3 Å². The zero-order chi connectivity index (χ0) is 9.56. The van der Waals surface area contributed by atoms with E-state index in [1.807, 2.05) is 0 Å². The minimum absolute atomic E-state index is 0.692. The summed E-state index contributed by atoms with van der Waals surface area (Å²) in [7, 11) is 3.63. The molecule has 0 unspecified atom stereocenters. The SMILES string of the molecule is COC(=O)N[C@H](OC)C(=O)OC. The Kier molecular flexibility index (Phi) is 4.78. The molecule has 0 fully saturated rings. The predicted octanol–water partition coefficient (Wildman–Crippen LogP) is -0.512. The van der Waals surface area contributed by atoms with Crippen LogP contribution in [0.25, 0.3) is 0 Å². The summed E-state index contributed by atoms with van der Waals surface area (Å²) in [6, 6.07) is 0. The third-order valence-corrected chi connectivity index (χ3v) is 1.09. The van der Waals surface area contributed by atoms with Gasteiger partial charge in [-0.2, -0.15) is 0 Å². The molecule has 0 saturated heterocycles. The summed E-state index contributed by atoms with van der Waals surface area (Å²) < 4.78 is 13.1. The minimum atomic E-state index is -1.12. The minimum Gasteiger partial charge on any atom is -0.466 e. The molecule has 0 spiro atoms. The Balaban J connectivity index is 3.99. The fraction of sp³-hybridized carbons (Fsp3) is 0.667. The monoisotopic (exact) mass is 177 g/mol. The average molecular weight is 177 g/mol. The van der Waals surface area contributed by atoms with Gasteiger partial charge in [0.15, 0.2) is 0 Å². The second-order valence-corrected chi connectivity index (χ2v) is 1.77. The van der Waals surface area contributed by atoms with Crippen molar-refractivity contribution >= 4 is 12.1 Å². The summed E-state index contributed by atoms with van der Waals surface area (Å²) in [5, 5.41) is 2.11. The van der Waals surface area contributed by atoms with E-state index in [1.165, 1.54) is 21.3 Å². The van der Waals surface area contributed by atoms with Crippen LogP contribution < -0.4 is 5.32 Å². The van der Waals surface area contributed by atoms with Crippen LogP contribution in [0.1, 0.15) is 0 Å². The Hall–Kier alpha value is -1.30. The highest BCUT2D eigenvalue weighted by molar-refractivity contribution is 5.79. The van der Waals surface area contributed by atoms with Crippen molar-refractivity contribution in [1.82, 2.24) is 5.32 Å². The van der Waals surface area contributed by atoms with Gasteiger partial charge in [0.1, 0.15) is 0 Å². The van der Waals surface area contributed by atoms with Crippen LogP contribution in [-0.2, 0) is 19.0 Å².